The van der Waals surface area contributed by atoms with Crippen LogP contribution in [-0.2, 0) is 0 Å². The van der Waals surface area contributed by atoms with Gasteiger partial charge in [-0.25, -0.2) is 0 Å². The van der Waals surface area contributed by atoms with Crippen LogP contribution in [-0.4, -0.2) is 8.41 Å². The Hall–Kier alpha value is -0.485. The maximum Gasteiger partial charge on any atom is 0.0406 e. The number of halogens is 2. The molecule has 0 amide bonds. The van der Waals surface area contributed by atoms with Gasteiger partial charge >= 0.3 is 0 Å². The van der Waals surface area contributed by atoms with Crippen LogP contribution in [0.2, 0.25) is 10.0 Å². The van der Waals surface area contributed by atoms with Crippen LogP contribution < -0.4 is 10.6 Å². The summed E-state index contributed by atoms with van der Waals surface area (Å²) >= 11 is 11.6. The summed E-state index contributed by atoms with van der Waals surface area (Å²) in [6.07, 6.45) is 0. The fourth-order valence-corrected chi connectivity index (χ4v) is 2.49. The zero-order valence-electron chi connectivity index (χ0n) is 8.45. The molecule has 16 heavy (non-hydrogen) atoms. The Morgan fingerprint density at radius 3 is 1.25 bits per heavy atom. The van der Waals surface area contributed by atoms with E-state index < -0.39 is 0 Å². The number of hydrogen-bond donors (Lipinski definition) is 0. The summed E-state index contributed by atoms with van der Waals surface area (Å²) in [5.74, 6) is 0. The van der Waals surface area contributed by atoms with Crippen molar-refractivity contribution in [2.45, 2.75) is 0 Å². The minimum atomic E-state index is 0. The number of benzene rings is 2. The predicted octanol–water partition coefficient (Wildman–Crippen LogP) is 3.24. The van der Waals surface area contributed by atoms with Crippen molar-refractivity contribution in [1.29, 1.82) is 0 Å². The van der Waals surface area contributed by atoms with E-state index in [1.165, 1.54) is 10.6 Å². The lowest BCUT2D eigenvalue weighted by Gasteiger charge is -2.02. The van der Waals surface area contributed by atoms with E-state index in [9.17, 15) is 0 Å². The molecule has 2 aromatic carbocycles. The van der Waals surface area contributed by atoms with Crippen LogP contribution in [0.3, 0.4) is 0 Å². The third-order valence-corrected chi connectivity index (χ3v) is 3.73. The van der Waals surface area contributed by atoms with Crippen molar-refractivity contribution in [3.8, 4) is 0 Å². The summed E-state index contributed by atoms with van der Waals surface area (Å²) in [4.78, 5) is 0. The maximum atomic E-state index is 5.82. The highest BCUT2D eigenvalue weighted by molar-refractivity contribution is 7.55. The van der Waals surface area contributed by atoms with E-state index >= 15 is 0 Å². The second-order valence-electron chi connectivity index (χ2n) is 3.14. The highest BCUT2D eigenvalue weighted by Crippen LogP contribution is 2.14. The van der Waals surface area contributed by atoms with Crippen molar-refractivity contribution >= 4 is 50.8 Å². The first-order valence-corrected chi connectivity index (χ1v) is 6.28. The van der Waals surface area contributed by atoms with E-state index in [0.29, 0.717) is 8.58 Å². The van der Waals surface area contributed by atoms with Gasteiger partial charge in [-0.15, -0.1) is 0 Å². The first kappa shape index (κ1) is 13.6. The van der Waals surface area contributed by atoms with Gasteiger partial charge in [0.1, 0.15) is 0 Å². The molecule has 0 unspecified atom stereocenters. The van der Waals surface area contributed by atoms with Crippen LogP contribution in [0, 0.1) is 0 Å². The number of hydrogen-bond acceptors (Lipinski definition) is 0. The summed E-state index contributed by atoms with van der Waals surface area (Å²) in [6, 6.07) is 15.9. The van der Waals surface area contributed by atoms with Gasteiger partial charge in [0.25, 0.3) is 0 Å². The van der Waals surface area contributed by atoms with E-state index in [4.69, 9.17) is 23.2 Å². The highest BCUT2D eigenvalue weighted by Gasteiger charge is 1.96. The normalized spacial score (nSPS) is 9.62. The molecule has 0 saturated carbocycles. The second kappa shape index (κ2) is 6.30. The smallest absolute Gasteiger partial charge is 0.0406 e. The van der Waals surface area contributed by atoms with Crippen LogP contribution in [0.4, 0.5) is 0 Å². The zero-order valence-corrected chi connectivity index (χ0v) is 11.0. The van der Waals surface area contributed by atoms with Crippen molar-refractivity contribution in [1.82, 2.24) is 0 Å². The highest BCUT2D eigenvalue weighted by atomic mass is 35.5. The second-order valence-corrected chi connectivity index (χ2v) is 5.42. The van der Waals surface area contributed by atoms with Gasteiger partial charge in [0.15, 0.2) is 0 Å². The van der Waals surface area contributed by atoms with Gasteiger partial charge in [-0.1, -0.05) is 56.0 Å². The lowest BCUT2D eigenvalue weighted by Crippen LogP contribution is -2.01. The molecule has 0 fully saturated rings. The average Bonchev–Trinajstić information content (AvgIpc) is 2.25. The maximum absolute atomic E-state index is 5.82. The van der Waals surface area contributed by atoms with Crippen molar-refractivity contribution in [3.05, 3.63) is 58.6 Å². The fourth-order valence-electron chi connectivity index (χ4n) is 1.23. The topological polar surface area (TPSA) is 0 Å². The summed E-state index contributed by atoms with van der Waals surface area (Å²) < 4.78 is 0. The Kier molecular flexibility index (Phi) is 5.35. The Bertz CT molecular complexity index is 396. The molecule has 0 heterocycles. The predicted molar refractivity (Wildman–Crippen MR) is 76.2 cm³/mol. The molecule has 0 aromatic heterocycles. The van der Waals surface area contributed by atoms with Crippen LogP contribution >= 0.6 is 31.8 Å². The van der Waals surface area contributed by atoms with Gasteiger partial charge in [0, 0.05) is 18.5 Å². The molecule has 0 atom stereocenters. The molecule has 0 aliphatic carbocycles. The van der Waals surface area contributed by atoms with Crippen LogP contribution in [0.5, 0.6) is 0 Å². The molecule has 0 saturated heterocycles. The molecule has 4 heteroatoms. The molecule has 2 aromatic rings. The van der Waals surface area contributed by atoms with E-state index in [1.807, 2.05) is 24.3 Å². The monoisotopic (exact) mass is 265 g/mol. The lowest BCUT2D eigenvalue weighted by molar-refractivity contribution is 1.75. The first-order chi connectivity index (χ1) is 7.24. The third-order valence-electron chi connectivity index (χ3n) is 1.98. The van der Waals surface area contributed by atoms with Gasteiger partial charge in [-0.05, 0) is 34.9 Å². The van der Waals surface area contributed by atoms with Gasteiger partial charge in [-0.3, -0.25) is 0 Å². The van der Waals surface area contributed by atoms with E-state index in [-0.39, 0.29) is 8.41 Å². The summed E-state index contributed by atoms with van der Waals surface area (Å²) in [7, 11) is 0.652. The Morgan fingerprint density at radius 2 is 0.938 bits per heavy atom. The molecular formula is C12H9BCl2P. The molecule has 0 N–H and O–H groups in total. The van der Waals surface area contributed by atoms with Crippen molar-refractivity contribution in [2.75, 3.05) is 0 Å². The van der Waals surface area contributed by atoms with Gasteiger partial charge in [0.05, 0.1) is 0 Å². The fraction of sp³-hybridized carbons (Fsp3) is 0. The summed E-state index contributed by atoms with van der Waals surface area (Å²) in [6.45, 7) is 0. The summed E-state index contributed by atoms with van der Waals surface area (Å²) in [5.41, 5.74) is 0. The third kappa shape index (κ3) is 3.83. The molecule has 0 aliphatic heterocycles. The molecule has 2 rings (SSSR count). The van der Waals surface area contributed by atoms with E-state index in [1.54, 1.807) is 0 Å². The molecule has 79 valence electrons. The lowest BCUT2D eigenvalue weighted by atomic mass is 10.4. The SMILES string of the molecule is Clc1ccc(Pc2ccc(Cl)cc2)cc1.[B]. The van der Waals surface area contributed by atoms with E-state index in [2.05, 4.69) is 24.3 Å². The van der Waals surface area contributed by atoms with E-state index in [0.717, 1.165) is 10.0 Å². The molecular weight excluding hydrogens is 257 g/mol. The van der Waals surface area contributed by atoms with Crippen LogP contribution in [0.15, 0.2) is 48.5 Å². The standard InChI is InChI=1S/C12H9Cl2P.B/c13-9-1-5-11(6-2-9)15-12-7-3-10(14)4-8-12;/h1-8,15H;. The van der Waals surface area contributed by atoms with Crippen LogP contribution in [0.25, 0.3) is 0 Å². The quantitative estimate of drug-likeness (QED) is 0.578. The van der Waals surface area contributed by atoms with Gasteiger partial charge in [-0.2, -0.15) is 0 Å². The average molecular weight is 266 g/mol. The molecule has 0 nitrogen and oxygen atoms in total. The van der Waals surface area contributed by atoms with Gasteiger partial charge < -0.3 is 0 Å². The van der Waals surface area contributed by atoms with Crippen LogP contribution in [0.1, 0.15) is 0 Å². The Balaban J connectivity index is 0.00000128. The first-order valence-electron chi connectivity index (χ1n) is 4.52. The minimum Gasteiger partial charge on any atom is -0.0843 e. The summed E-state index contributed by atoms with van der Waals surface area (Å²) in [5, 5.41) is 4.11. The molecule has 0 aliphatic rings. The van der Waals surface area contributed by atoms with Gasteiger partial charge in [0.2, 0.25) is 0 Å². The molecule has 3 radical (unpaired) electrons. The van der Waals surface area contributed by atoms with Crippen molar-refractivity contribution in [3.63, 3.8) is 0 Å². The molecule has 0 bridgehead atoms. The number of rotatable bonds is 2. The minimum absolute atomic E-state index is 0. The largest absolute Gasteiger partial charge is 0.0843 e. The van der Waals surface area contributed by atoms with Crippen molar-refractivity contribution < 1.29 is 0 Å². The Labute approximate surface area is 109 Å². The zero-order chi connectivity index (χ0) is 10.7. The van der Waals surface area contributed by atoms with Crippen molar-refractivity contribution in [2.24, 2.45) is 0 Å². The molecule has 0 spiro atoms. The Morgan fingerprint density at radius 1 is 0.625 bits per heavy atom.